The smallest absolute Gasteiger partial charge is 0.243 e. The highest BCUT2D eigenvalue weighted by atomic mass is 79.9. The molecule has 0 fully saturated rings. The van der Waals surface area contributed by atoms with Crippen molar-refractivity contribution in [2.45, 2.75) is 38.6 Å². The van der Waals surface area contributed by atoms with Gasteiger partial charge in [-0.1, -0.05) is 90.4 Å². The second-order valence-corrected chi connectivity index (χ2v) is 11.0. The summed E-state index contributed by atoms with van der Waals surface area (Å²) in [7, 11) is 0. The number of benzene rings is 3. The lowest BCUT2D eigenvalue weighted by molar-refractivity contribution is -0.139. The zero-order chi connectivity index (χ0) is 25.9. The van der Waals surface area contributed by atoms with E-state index in [4.69, 9.17) is 0 Å². The number of thioether (sulfide) groups is 1. The summed E-state index contributed by atoms with van der Waals surface area (Å²) in [5.74, 6) is 0.208. The van der Waals surface area contributed by atoms with Gasteiger partial charge in [-0.05, 0) is 40.8 Å². The van der Waals surface area contributed by atoms with Gasteiger partial charge in [0.15, 0.2) is 0 Å². The van der Waals surface area contributed by atoms with Gasteiger partial charge in [0.2, 0.25) is 11.8 Å². The first-order chi connectivity index (χ1) is 17.3. The van der Waals surface area contributed by atoms with Crippen LogP contribution in [0.2, 0.25) is 0 Å². The summed E-state index contributed by atoms with van der Waals surface area (Å²) in [5, 5.41) is 3.03. The minimum Gasteiger partial charge on any atom is -0.354 e. The predicted octanol–water partition coefficient (Wildman–Crippen LogP) is 6.23. The maximum Gasteiger partial charge on any atom is 0.243 e. The Morgan fingerprint density at radius 3 is 2.36 bits per heavy atom. The van der Waals surface area contributed by atoms with Crippen molar-refractivity contribution < 1.29 is 14.0 Å². The van der Waals surface area contributed by atoms with Crippen LogP contribution >= 0.6 is 27.7 Å². The number of hydrogen-bond acceptors (Lipinski definition) is 3. The summed E-state index contributed by atoms with van der Waals surface area (Å²) in [5.41, 5.74) is 2.46. The Bertz CT molecular complexity index is 1140. The first kappa shape index (κ1) is 27.9. The molecule has 0 aromatic heterocycles. The Morgan fingerprint density at radius 1 is 0.972 bits per heavy atom. The summed E-state index contributed by atoms with van der Waals surface area (Å²) in [6.45, 7) is 4.91. The zero-order valence-corrected chi connectivity index (χ0v) is 23.0. The fourth-order valence-electron chi connectivity index (χ4n) is 3.76. The molecule has 3 aromatic rings. The van der Waals surface area contributed by atoms with Crippen molar-refractivity contribution in [1.82, 2.24) is 10.2 Å². The van der Waals surface area contributed by atoms with Crippen LogP contribution in [-0.4, -0.2) is 35.1 Å². The molecule has 3 aromatic carbocycles. The van der Waals surface area contributed by atoms with E-state index in [1.54, 1.807) is 23.1 Å². The lowest BCUT2D eigenvalue weighted by atomic mass is 10.0. The molecular formula is C29H32BrFN2O2S. The number of rotatable bonds is 12. The SMILES string of the molecule is CC(C)CNC(=O)C(Cc1ccccc1)N(Cc1cccc(Br)c1)C(=O)CSCc1ccccc1F. The lowest BCUT2D eigenvalue weighted by Crippen LogP contribution is -2.51. The molecule has 0 radical (unpaired) electrons. The zero-order valence-electron chi connectivity index (χ0n) is 20.6. The second kappa shape index (κ2) is 14.2. The Labute approximate surface area is 225 Å². The number of carbonyl (C=O) groups excluding carboxylic acids is 2. The van der Waals surface area contributed by atoms with Gasteiger partial charge in [0.25, 0.3) is 0 Å². The molecule has 0 heterocycles. The first-order valence-electron chi connectivity index (χ1n) is 12.0. The van der Waals surface area contributed by atoms with Gasteiger partial charge >= 0.3 is 0 Å². The van der Waals surface area contributed by atoms with Crippen LogP contribution < -0.4 is 5.32 Å². The van der Waals surface area contributed by atoms with Crippen LogP contribution in [0.4, 0.5) is 4.39 Å². The van der Waals surface area contributed by atoms with E-state index in [0.717, 1.165) is 15.6 Å². The molecule has 1 N–H and O–H groups in total. The highest BCUT2D eigenvalue weighted by Crippen LogP contribution is 2.21. The Hall–Kier alpha value is -2.64. The molecule has 0 aliphatic heterocycles. The van der Waals surface area contributed by atoms with E-state index in [1.807, 2.05) is 68.4 Å². The molecule has 2 amide bonds. The number of hydrogen-bond donors (Lipinski definition) is 1. The fourth-order valence-corrected chi connectivity index (χ4v) is 5.10. The molecule has 190 valence electrons. The van der Waals surface area contributed by atoms with Gasteiger partial charge in [0.1, 0.15) is 11.9 Å². The Balaban J connectivity index is 1.85. The number of carbonyl (C=O) groups is 2. The van der Waals surface area contributed by atoms with Gasteiger partial charge < -0.3 is 10.2 Å². The van der Waals surface area contributed by atoms with Crippen LogP contribution in [0.3, 0.4) is 0 Å². The molecule has 0 bridgehead atoms. The molecular weight excluding hydrogens is 539 g/mol. The van der Waals surface area contributed by atoms with Gasteiger partial charge in [-0.25, -0.2) is 4.39 Å². The van der Waals surface area contributed by atoms with E-state index in [0.29, 0.717) is 30.8 Å². The van der Waals surface area contributed by atoms with E-state index < -0.39 is 6.04 Å². The van der Waals surface area contributed by atoms with Crippen LogP contribution in [0, 0.1) is 11.7 Å². The summed E-state index contributed by atoms with van der Waals surface area (Å²) in [6.07, 6.45) is 0.405. The third kappa shape index (κ3) is 8.79. The maximum atomic E-state index is 14.1. The summed E-state index contributed by atoms with van der Waals surface area (Å²) in [4.78, 5) is 28.7. The molecule has 36 heavy (non-hydrogen) atoms. The summed E-state index contributed by atoms with van der Waals surface area (Å²) < 4.78 is 15.0. The maximum absolute atomic E-state index is 14.1. The highest BCUT2D eigenvalue weighted by Gasteiger charge is 2.30. The minimum absolute atomic E-state index is 0.144. The third-order valence-electron chi connectivity index (χ3n) is 5.64. The Kier molecular flexibility index (Phi) is 11.0. The number of amides is 2. The average Bonchev–Trinajstić information content (AvgIpc) is 2.86. The van der Waals surface area contributed by atoms with Crippen molar-refractivity contribution in [2.75, 3.05) is 12.3 Å². The average molecular weight is 572 g/mol. The quantitative estimate of drug-likeness (QED) is 0.280. The van der Waals surface area contributed by atoms with E-state index >= 15 is 0 Å². The standard InChI is InChI=1S/C29H32BrFN2O2S/c1-21(2)17-32-29(35)27(16-22-9-4-3-5-10-22)33(18-23-11-8-13-25(30)15-23)28(34)20-36-19-24-12-6-7-14-26(24)31/h3-15,21,27H,16-20H2,1-2H3,(H,32,35). The topological polar surface area (TPSA) is 49.4 Å². The van der Waals surface area contributed by atoms with Crippen molar-refractivity contribution in [1.29, 1.82) is 0 Å². The van der Waals surface area contributed by atoms with Crippen molar-refractivity contribution in [3.63, 3.8) is 0 Å². The largest absolute Gasteiger partial charge is 0.354 e. The number of halogens is 2. The molecule has 0 saturated carbocycles. The number of nitrogens with zero attached hydrogens (tertiary/aromatic N) is 1. The van der Waals surface area contributed by atoms with Crippen molar-refractivity contribution in [3.8, 4) is 0 Å². The van der Waals surface area contributed by atoms with E-state index in [-0.39, 0.29) is 29.3 Å². The van der Waals surface area contributed by atoms with Gasteiger partial charge in [-0.3, -0.25) is 9.59 Å². The molecule has 0 aliphatic rings. The lowest BCUT2D eigenvalue weighted by Gasteiger charge is -2.32. The predicted molar refractivity (Wildman–Crippen MR) is 149 cm³/mol. The molecule has 0 aliphatic carbocycles. The van der Waals surface area contributed by atoms with Crippen molar-refractivity contribution in [2.24, 2.45) is 5.92 Å². The molecule has 0 spiro atoms. The minimum atomic E-state index is -0.674. The van der Waals surface area contributed by atoms with Gasteiger partial charge in [-0.2, -0.15) is 0 Å². The van der Waals surface area contributed by atoms with Gasteiger partial charge in [-0.15, -0.1) is 11.8 Å². The van der Waals surface area contributed by atoms with Crippen molar-refractivity contribution >= 4 is 39.5 Å². The van der Waals surface area contributed by atoms with E-state index in [1.165, 1.54) is 17.8 Å². The van der Waals surface area contributed by atoms with Crippen LogP contribution in [-0.2, 0) is 28.3 Å². The molecule has 1 atom stereocenters. The van der Waals surface area contributed by atoms with Gasteiger partial charge in [0.05, 0.1) is 5.75 Å². The van der Waals surface area contributed by atoms with Crippen LogP contribution in [0.15, 0.2) is 83.3 Å². The van der Waals surface area contributed by atoms with Crippen LogP contribution in [0.25, 0.3) is 0 Å². The van der Waals surface area contributed by atoms with Crippen molar-refractivity contribution in [3.05, 3.63) is 106 Å². The fraction of sp³-hybridized carbons (Fsp3) is 0.310. The Morgan fingerprint density at radius 2 is 1.67 bits per heavy atom. The van der Waals surface area contributed by atoms with Gasteiger partial charge in [0, 0.05) is 29.7 Å². The molecule has 3 rings (SSSR count). The van der Waals surface area contributed by atoms with E-state index in [2.05, 4.69) is 21.2 Å². The summed E-state index contributed by atoms with van der Waals surface area (Å²) in [6, 6.07) is 23.4. The first-order valence-corrected chi connectivity index (χ1v) is 13.9. The molecule has 7 heteroatoms. The van der Waals surface area contributed by atoms with Crippen LogP contribution in [0.1, 0.15) is 30.5 Å². The third-order valence-corrected chi connectivity index (χ3v) is 7.10. The van der Waals surface area contributed by atoms with Crippen LogP contribution in [0.5, 0.6) is 0 Å². The molecule has 4 nitrogen and oxygen atoms in total. The highest BCUT2D eigenvalue weighted by molar-refractivity contribution is 9.10. The summed E-state index contributed by atoms with van der Waals surface area (Å²) >= 11 is 4.85. The van der Waals surface area contributed by atoms with E-state index in [9.17, 15) is 14.0 Å². The normalized spacial score (nSPS) is 11.8. The molecule has 1 unspecified atom stereocenters. The molecule has 0 saturated heterocycles. The monoisotopic (exact) mass is 570 g/mol. The second-order valence-electron chi connectivity index (χ2n) is 9.08. The number of nitrogens with one attached hydrogen (secondary N) is 1.